The maximum Gasteiger partial charge on any atom is 0.311 e. The highest BCUT2D eigenvalue weighted by Gasteiger charge is 2.27. The number of benzene rings is 2. The van der Waals surface area contributed by atoms with Crippen molar-refractivity contribution in [2.75, 3.05) is 19.8 Å². The van der Waals surface area contributed by atoms with Gasteiger partial charge in [0.1, 0.15) is 5.69 Å². The number of aromatic amines is 1. The van der Waals surface area contributed by atoms with Crippen molar-refractivity contribution in [3.8, 4) is 11.1 Å². The van der Waals surface area contributed by atoms with Gasteiger partial charge in [0.05, 0.1) is 25.3 Å². The van der Waals surface area contributed by atoms with E-state index in [9.17, 15) is 9.59 Å². The first-order valence-corrected chi connectivity index (χ1v) is 11.4. The first-order chi connectivity index (χ1) is 16.1. The number of nitrogens with zero attached hydrogens (tertiary/aromatic N) is 2. The van der Waals surface area contributed by atoms with Crippen LogP contribution in [-0.2, 0) is 20.7 Å². The summed E-state index contributed by atoms with van der Waals surface area (Å²) >= 11 is 0. The molecule has 0 aliphatic heterocycles. The van der Waals surface area contributed by atoms with Gasteiger partial charge in [0.25, 0.3) is 0 Å². The van der Waals surface area contributed by atoms with Gasteiger partial charge in [-0.05, 0) is 49.3 Å². The molecule has 3 rings (SSSR count). The number of esters is 1. The highest BCUT2D eigenvalue weighted by atomic mass is 16.5. The average molecular weight is 450 g/mol. The van der Waals surface area contributed by atoms with Crippen LogP contribution in [0, 0.1) is 11.8 Å². The number of ketones is 1. The molecule has 1 aromatic heterocycles. The maximum atomic E-state index is 12.8. The lowest BCUT2D eigenvalue weighted by atomic mass is 9.85. The summed E-state index contributed by atoms with van der Waals surface area (Å²) in [6, 6.07) is 18.5. The van der Waals surface area contributed by atoms with Gasteiger partial charge in [-0.2, -0.15) is 15.4 Å². The molecular formula is C26H31N3O4. The number of aromatic nitrogens is 3. The Hall–Kier alpha value is -3.32. The zero-order valence-electron chi connectivity index (χ0n) is 19.2. The minimum Gasteiger partial charge on any atom is -0.466 e. The molecule has 0 amide bonds. The second-order valence-electron chi connectivity index (χ2n) is 7.96. The molecule has 174 valence electrons. The summed E-state index contributed by atoms with van der Waals surface area (Å²) in [4.78, 5) is 25.3. The van der Waals surface area contributed by atoms with Gasteiger partial charge in [0.15, 0.2) is 5.78 Å². The smallest absolute Gasteiger partial charge is 0.311 e. The molecule has 3 aromatic rings. The molecule has 7 heteroatoms. The quantitative estimate of drug-likeness (QED) is 0.305. The second kappa shape index (κ2) is 12.6. The molecule has 0 saturated heterocycles. The number of ether oxygens (including phenoxy) is 2. The molecule has 2 atom stereocenters. The Morgan fingerprint density at radius 3 is 2.33 bits per heavy atom. The van der Waals surface area contributed by atoms with E-state index in [-0.39, 0.29) is 30.7 Å². The van der Waals surface area contributed by atoms with Gasteiger partial charge in [-0.15, -0.1) is 0 Å². The summed E-state index contributed by atoms with van der Waals surface area (Å²) in [5.74, 6) is -0.895. The number of nitrogens with one attached hydrogen (secondary N) is 1. The van der Waals surface area contributed by atoms with E-state index in [1.54, 1.807) is 6.92 Å². The molecule has 0 spiro atoms. The molecule has 0 radical (unpaired) electrons. The third-order valence-electron chi connectivity index (χ3n) is 5.52. The summed E-state index contributed by atoms with van der Waals surface area (Å²) in [7, 11) is 0. The van der Waals surface area contributed by atoms with Crippen LogP contribution in [0.4, 0.5) is 0 Å². The molecular weight excluding hydrogens is 418 g/mol. The lowest BCUT2D eigenvalue weighted by Gasteiger charge is -2.22. The van der Waals surface area contributed by atoms with Crippen molar-refractivity contribution in [1.82, 2.24) is 15.4 Å². The van der Waals surface area contributed by atoms with Crippen molar-refractivity contribution < 1.29 is 19.1 Å². The number of carbonyl (C=O) groups is 2. The van der Waals surface area contributed by atoms with Gasteiger partial charge < -0.3 is 9.47 Å². The summed E-state index contributed by atoms with van der Waals surface area (Å²) in [5, 5.41) is 10.1. The van der Waals surface area contributed by atoms with Crippen LogP contribution >= 0.6 is 0 Å². The van der Waals surface area contributed by atoms with Crippen LogP contribution in [0.1, 0.15) is 42.7 Å². The van der Waals surface area contributed by atoms with Gasteiger partial charge in [0.2, 0.25) is 0 Å². The second-order valence-corrected chi connectivity index (χ2v) is 7.96. The fraction of sp³-hybridized carbons (Fsp3) is 0.385. The number of carbonyl (C=O) groups excluding carboxylic acids is 2. The van der Waals surface area contributed by atoms with Crippen molar-refractivity contribution in [2.24, 2.45) is 11.8 Å². The molecule has 0 aliphatic carbocycles. The van der Waals surface area contributed by atoms with E-state index in [4.69, 9.17) is 9.47 Å². The van der Waals surface area contributed by atoms with Crippen LogP contribution in [0.3, 0.4) is 0 Å². The van der Waals surface area contributed by atoms with Crippen LogP contribution in [-0.4, -0.2) is 47.0 Å². The summed E-state index contributed by atoms with van der Waals surface area (Å²) in [5.41, 5.74) is 3.69. The summed E-state index contributed by atoms with van der Waals surface area (Å²) in [6.07, 6.45) is 2.83. The fourth-order valence-corrected chi connectivity index (χ4v) is 3.89. The monoisotopic (exact) mass is 449 g/mol. The average Bonchev–Trinajstić information content (AvgIpc) is 3.38. The molecule has 2 aromatic carbocycles. The molecule has 0 unspecified atom stereocenters. The predicted molar refractivity (Wildman–Crippen MR) is 126 cm³/mol. The number of H-pyrrole nitrogens is 1. The first-order valence-electron chi connectivity index (χ1n) is 11.4. The van der Waals surface area contributed by atoms with Crippen LogP contribution < -0.4 is 0 Å². The van der Waals surface area contributed by atoms with Crippen LogP contribution in [0.2, 0.25) is 0 Å². The predicted octanol–water partition coefficient (Wildman–Crippen LogP) is 4.51. The maximum absolute atomic E-state index is 12.8. The largest absolute Gasteiger partial charge is 0.466 e. The Bertz CT molecular complexity index is 988. The Balaban J connectivity index is 1.76. The van der Waals surface area contributed by atoms with E-state index in [0.29, 0.717) is 31.7 Å². The molecule has 0 aliphatic rings. The minimum absolute atomic E-state index is 0.0772. The lowest BCUT2D eigenvalue weighted by molar-refractivity contribution is -0.151. The Morgan fingerprint density at radius 1 is 0.970 bits per heavy atom. The third-order valence-corrected chi connectivity index (χ3v) is 5.52. The molecule has 33 heavy (non-hydrogen) atoms. The number of Topliss-reactive ketones (excluding diaryl/α,β-unsaturated/α-hetero) is 1. The van der Waals surface area contributed by atoms with Crippen molar-refractivity contribution in [3.63, 3.8) is 0 Å². The Kier molecular flexibility index (Phi) is 9.32. The number of hydrogen-bond acceptors (Lipinski definition) is 6. The topological polar surface area (TPSA) is 94.2 Å². The molecule has 0 bridgehead atoms. The van der Waals surface area contributed by atoms with Crippen LogP contribution in [0.15, 0.2) is 60.8 Å². The van der Waals surface area contributed by atoms with Crippen LogP contribution in [0.5, 0.6) is 0 Å². The van der Waals surface area contributed by atoms with Crippen molar-refractivity contribution in [1.29, 1.82) is 0 Å². The summed E-state index contributed by atoms with van der Waals surface area (Å²) < 4.78 is 10.8. The number of hydrogen-bond donors (Lipinski definition) is 1. The first kappa shape index (κ1) is 24.3. The Labute approximate surface area is 194 Å². The highest BCUT2D eigenvalue weighted by Crippen LogP contribution is 2.26. The van der Waals surface area contributed by atoms with E-state index in [1.165, 1.54) is 6.20 Å². The van der Waals surface area contributed by atoms with Gasteiger partial charge >= 0.3 is 5.97 Å². The van der Waals surface area contributed by atoms with Gasteiger partial charge in [0, 0.05) is 13.0 Å². The van der Waals surface area contributed by atoms with E-state index < -0.39 is 5.92 Å². The molecule has 1 heterocycles. The highest BCUT2D eigenvalue weighted by molar-refractivity contribution is 5.94. The molecule has 1 N–H and O–H groups in total. The zero-order valence-corrected chi connectivity index (χ0v) is 19.2. The van der Waals surface area contributed by atoms with E-state index in [2.05, 4.69) is 51.8 Å². The van der Waals surface area contributed by atoms with E-state index >= 15 is 0 Å². The summed E-state index contributed by atoms with van der Waals surface area (Å²) in [6.45, 7) is 4.78. The van der Waals surface area contributed by atoms with Gasteiger partial charge in [-0.3, -0.25) is 9.59 Å². The molecule has 7 nitrogen and oxygen atoms in total. The third kappa shape index (κ3) is 7.36. The van der Waals surface area contributed by atoms with Crippen LogP contribution in [0.25, 0.3) is 11.1 Å². The SMILES string of the molecule is CCOC[C@H](C[C@H](CC(=O)c1cn[nH]n1)Cc1ccc(-c2ccccc2)cc1)C(=O)OCC. The minimum atomic E-state index is -0.427. The van der Waals surface area contributed by atoms with E-state index in [1.807, 2.05) is 25.1 Å². The van der Waals surface area contributed by atoms with Gasteiger partial charge in [-0.25, -0.2) is 0 Å². The van der Waals surface area contributed by atoms with E-state index in [0.717, 1.165) is 16.7 Å². The van der Waals surface area contributed by atoms with Crippen molar-refractivity contribution >= 4 is 11.8 Å². The molecule has 0 saturated carbocycles. The number of rotatable bonds is 13. The fourth-order valence-electron chi connectivity index (χ4n) is 3.89. The zero-order chi connectivity index (χ0) is 23.5. The standard InChI is InChI=1S/C26H31N3O4/c1-3-32-18-23(26(31)33-4-2)15-20(16-25(30)24-17-27-29-28-24)14-19-10-12-22(13-11-19)21-8-6-5-7-9-21/h5-13,17,20,23H,3-4,14-16,18H2,1-2H3,(H,27,28,29)/t20-,23+/m1/s1. The van der Waals surface area contributed by atoms with Crippen molar-refractivity contribution in [2.45, 2.75) is 33.1 Å². The Morgan fingerprint density at radius 2 is 1.70 bits per heavy atom. The molecule has 0 fully saturated rings. The van der Waals surface area contributed by atoms with Gasteiger partial charge in [-0.1, -0.05) is 54.6 Å². The van der Waals surface area contributed by atoms with Crippen molar-refractivity contribution in [3.05, 3.63) is 72.1 Å². The lowest BCUT2D eigenvalue weighted by Crippen LogP contribution is -2.27. The normalized spacial score (nSPS) is 12.8.